The SMILES string of the molecule is Sn1cc(I)c2cc(N3CCC4(CC3)OCCO4)cnc21. The highest BCUT2D eigenvalue weighted by Gasteiger charge is 2.39. The second-order valence-electron chi connectivity index (χ2n) is 5.48. The van der Waals surface area contributed by atoms with Crippen molar-refractivity contribution in [1.29, 1.82) is 0 Å². The monoisotopic (exact) mass is 417 g/mol. The van der Waals surface area contributed by atoms with E-state index in [9.17, 15) is 0 Å². The molecule has 2 aromatic heterocycles. The molecule has 0 saturated carbocycles. The molecule has 2 saturated heterocycles. The summed E-state index contributed by atoms with van der Waals surface area (Å²) in [5.41, 5.74) is 2.07. The Bertz CT molecular complexity index is 674. The van der Waals surface area contributed by atoms with Crippen molar-refractivity contribution in [3.63, 3.8) is 0 Å². The number of hydrogen-bond acceptors (Lipinski definition) is 5. The summed E-state index contributed by atoms with van der Waals surface area (Å²) in [5.74, 6) is -0.323. The molecule has 4 heterocycles. The third-order valence-corrected chi connectivity index (χ3v) is 5.43. The second-order valence-corrected chi connectivity index (χ2v) is 7.07. The summed E-state index contributed by atoms with van der Waals surface area (Å²) in [6.07, 6.45) is 5.74. The Balaban J connectivity index is 1.58. The molecule has 0 atom stereocenters. The van der Waals surface area contributed by atoms with Gasteiger partial charge in [0, 0.05) is 41.1 Å². The van der Waals surface area contributed by atoms with Gasteiger partial charge in [0.1, 0.15) is 0 Å². The molecule has 2 aromatic rings. The highest BCUT2D eigenvalue weighted by atomic mass is 127. The van der Waals surface area contributed by atoms with Gasteiger partial charge >= 0.3 is 0 Å². The maximum Gasteiger partial charge on any atom is 0.171 e. The van der Waals surface area contributed by atoms with Crippen molar-refractivity contribution in [3.8, 4) is 0 Å². The Morgan fingerprint density at radius 2 is 1.95 bits per heavy atom. The fourth-order valence-corrected chi connectivity index (χ4v) is 4.28. The molecule has 2 aliphatic rings. The summed E-state index contributed by atoms with van der Waals surface area (Å²) in [6.45, 7) is 3.32. The summed E-state index contributed by atoms with van der Waals surface area (Å²) < 4.78 is 14.5. The maximum atomic E-state index is 5.78. The second kappa shape index (κ2) is 5.29. The number of thiol groups is 1. The molecule has 0 unspecified atom stereocenters. The number of aromatic nitrogens is 2. The van der Waals surface area contributed by atoms with E-state index < -0.39 is 0 Å². The summed E-state index contributed by atoms with van der Waals surface area (Å²) >= 11 is 6.71. The maximum absolute atomic E-state index is 5.78. The van der Waals surface area contributed by atoms with E-state index >= 15 is 0 Å². The van der Waals surface area contributed by atoms with E-state index in [1.807, 2.05) is 12.4 Å². The van der Waals surface area contributed by atoms with Crippen LogP contribution in [0.5, 0.6) is 0 Å². The summed E-state index contributed by atoms with van der Waals surface area (Å²) in [7, 11) is 0. The lowest BCUT2D eigenvalue weighted by atomic mass is 10.0. The van der Waals surface area contributed by atoms with Crippen molar-refractivity contribution < 1.29 is 9.47 Å². The molecule has 0 aliphatic carbocycles. The normalized spacial score (nSPS) is 21.5. The van der Waals surface area contributed by atoms with Crippen LogP contribution < -0.4 is 4.90 Å². The van der Waals surface area contributed by atoms with Crippen molar-refractivity contribution >= 4 is 52.1 Å². The molecule has 21 heavy (non-hydrogen) atoms. The van der Waals surface area contributed by atoms with Crippen molar-refractivity contribution in [2.24, 2.45) is 0 Å². The van der Waals surface area contributed by atoms with Crippen molar-refractivity contribution in [2.45, 2.75) is 18.6 Å². The average molecular weight is 417 g/mol. The lowest BCUT2D eigenvalue weighted by Crippen LogP contribution is -2.45. The highest BCUT2D eigenvalue weighted by molar-refractivity contribution is 14.1. The summed E-state index contributed by atoms with van der Waals surface area (Å²) in [6, 6.07) is 2.20. The first-order valence-corrected chi connectivity index (χ1v) is 8.53. The molecule has 0 aromatic carbocycles. The summed E-state index contributed by atoms with van der Waals surface area (Å²) in [5, 5.41) is 1.15. The van der Waals surface area contributed by atoms with Gasteiger partial charge < -0.3 is 14.4 Å². The minimum Gasteiger partial charge on any atom is -0.370 e. The van der Waals surface area contributed by atoms with Gasteiger partial charge in [-0.2, -0.15) is 0 Å². The summed E-state index contributed by atoms with van der Waals surface area (Å²) in [4.78, 5) is 6.90. The number of nitrogens with zero attached hydrogens (tertiary/aromatic N) is 3. The van der Waals surface area contributed by atoms with Gasteiger partial charge in [-0.1, -0.05) is 12.8 Å². The molecule has 1 spiro atoms. The minimum atomic E-state index is -0.323. The van der Waals surface area contributed by atoms with E-state index in [-0.39, 0.29) is 5.79 Å². The van der Waals surface area contributed by atoms with Crippen LogP contribution in [-0.2, 0) is 9.47 Å². The van der Waals surface area contributed by atoms with Gasteiger partial charge in [0.25, 0.3) is 0 Å². The average Bonchev–Trinajstić information content (AvgIpc) is 3.06. The van der Waals surface area contributed by atoms with Crippen molar-refractivity contribution in [2.75, 3.05) is 31.2 Å². The fourth-order valence-electron chi connectivity index (χ4n) is 3.11. The zero-order chi connectivity index (χ0) is 14.4. The zero-order valence-corrected chi connectivity index (χ0v) is 14.5. The Labute approximate surface area is 142 Å². The first-order chi connectivity index (χ1) is 10.2. The van der Waals surface area contributed by atoms with Crippen LogP contribution in [0.15, 0.2) is 18.5 Å². The Hall–Kier alpha value is -0.510. The zero-order valence-electron chi connectivity index (χ0n) is 11.5. The first kappa shape index (κ1) is 14.1. The molecule has 0 bridgehead atoms. The predicted molar refractivity (Wildman–Crippen MR) is 92.9 cm³/mol. The van der Waals surface area contributed by atoms with Gasteiger partial charge in [-0.15, -0.1) is 0 Å². The molecule has 2 aliphatic heterocycles. The number of pyridine rings is 1. The molecule has 112 valence electrons. The van der Waals surface area contributed by atoms with Crippen LogP contribution in [0.25, 0.3) is 11.0 Å². The molecule has 2 fully saturated rings. The van der Waals surface area contributed by atoms with Crippen LogP contribution in [-0.4, -0.2) is 41.0 Å². The molecule has 5 nitrogen and oxygen atoms in total. The van der Waals surface area contributed by atoms with Crippen LogP contribution >= 0.6 is 35.4 Å². The van der Waals surface area contributed by atoms with Crippen molar-refractivity contribution in [3.05, 3.63) is 22.0 Å². The third kappa shape index (κ3) is 2.43. The molecule has 0 N–H and O–H groups in total. The van der Waals surface area contributed by atoms with E-state index in [2.05, 4.69) is 51.4 Å². The predicted octanol–water partition coefficient (Wildman–Crippen LogP) is 2.68. The Morgan fingerprint density at radius 1 is 1.24 bits per heavy atom. The minimum absolute atomic E-state index is 0.323. The topological polar surface area (TPSA) is 39.5 Å². The number of fused-ring (bicyclic) bond motifs is 1. The molecule has 4 rings (SSSR count). The van der Waals surface area contributed by atoms with E-state index in [0.29, 0.717) is 0 Å². The molecule has 0 amide bonds. The van der Waals surface area contributed by atoms with Crippen LogP contribution in [0.3, 0.4) is 0 Å². The largest absolute Gasteiger partial charge is 0.370 e. The molecule has 7 heteroatoms. The van der Waals surface area contributed by atoms with Crippen molar-refractivity contribution in [1.82, 2.24) is 8.96 Å². The number of ether oxygens (including phenoxy) is 2. The van der Waals surface area contributed by atoms with Crippen LogP contribution in [0.2, 0.25) is 0 Å². The van der Waals surface area contributed by atoms with Gasteiger partial charge in [-0.3, -0.25) is 3.97 Å². The number of piperidine rings is 1. The number of rotatable bonds is 1. The molecular weight excluding hydrogens is 401 g/mol. The van der Waals surface area contributed by atoms with Gasteiger partial charge in [-0.25, -0.2) is 4.98 Å². The van der Waals surface area contributed by atoms with Gasteiger partial charge in [0.05, 0.1) is 25.1 Å². The molecule has 0 radical (unpaired) electrons. The number of anilines is 1. The smallest absolute Gasteiger partial charge is 0.171 e. The van der Waals surface area contributed by atoms with E-state index in [4.69, 9.17) is 9.47 Å². The van der Waals surface area contributed by atoms with Crippen LogP contribution in [0, 0.1) is 3.57 Å². The highest BCUT2D eigenvalue weighted by Crippen LogP contribution is 2.34. The molecular formula is C14H16IN3O2S. The quantitative estimate of drug-likeness (QED) is 0.572. The van der Waals surface area contributed by atoms with E-state index in [0.717, 1.165) is 55.9 Å². The van der Waals surface area contributed by atoms with Crippen LogP contribution in [0.4, 0.5) is 5.69 Å². The lowest BCUT2D eigenvalue weighted by molar-refractivity contribution is -0.169. The van der Waals surface area contributed by atoms with Gasteiger partial charge in [0.15, 0.2) is 11.4 Å². The Morgan fingerprint density at radius 3 is 2.67 bits per heavy atom. The number of halogens is 1. The third-order valence-electron chi connectivity index (χ3n) is 4.27. The fraction of sp³-hybridized carbons (Fsp3) is 0.500. The number of hydrogen-bond donors (Lipinski definition) is 1. The van der Waals surface area contributed by atoms with Crippen LogP contribution in [0.1, 0.15) is 12.8 Å². The van der Waals surface area contributed by atoms with E-state index in [1.54, 1.807) is 3.97 Å². The first-order valence-electron chi connectivity index (χ1n) is 7.06. The standard InChI is InChI=1S/C14H16IN3O2S/c15-12-9-18(21)13-11(12)7-10(8-16-13)17-3-1-14(2-4-17)19-5-6-20-14/h7-9,21H,1-6H2. The Kier molecular flexibility index (Phi) is 3.55. The van der Waals surface area contributed by atoms with Gasteiger partial charge in [-0.05, 0) is 28.7 Å². The van der Waals surface area contributed by atoms with E-state index in [1.165, 1.54) is 3.57 Å². The lowest BCUT2D eigenvalue weighted by Gasteiger charge is -2.38. The van der Waals surface area contributed by atoms with Gasteiger partial charge in [0.2, 0.25) is 0 Å².